The monoisotopic (exact) mass is 195 g/mol. The van der Waals surface area contributed by atoms with Crippen LogP contribution in [0.4, 0.5) is 5.95 Å². The highest BCUT2D eigenvalue weighted by atomic mass is 15.3. The molecule has 1 fully saturated rings. The Labute approximate surface area is 83.7 Å². The van der Waals surface area contributed by atoms with Crippen molar-refractivity contribution in [3.8, 4) is 0 Å². The number of hydrogen-bond acceptors (Lipinski definition) is 4. The summed E-state index contributed by atoms with van der Waals surface area (Å²) in [6, 6.07) is 0. The summed E-state index contributed by atoms with van der Waals surface area (Å²) in [7, 11) is 0. The first-order chi connectivity index (χ1) is 6.73. The Morgan fingerprint density at radius 3 is 2.79 bits per heavy atom. The fourth-order valence-electron chi connectivity index (χ4n) is 1.81. The summed E-state index contributed by atoms with van der Waals surface area (Å²) in [5.41, 5.74) is 6.06. The maximum absolute atomic E-state index is 5.75. The van der Waals surface area contributed by atoms with E-state index >= 15 is 0 Å². The zero-order valence-corrected chi connectivity index (χ0v) is 8.53. The van der Waals surface area contributed by atoms with Gasteiger partial charge in [-0.15, -0.1) is 0 Å². The second kappa shape index (κ2) is 3.57. The van der Waals surface area contributed by atoms with Crippen LogP contribution in [0.3, 0.4) is 0 Å². The molecule has 3 N–H and O–H groups in total. The van der Waals surface area contributed by atoms with Gasteiger partial charge >= 0.3 is 0 Å². The van der Waals surface area contributed by atoms with Crippen LogP contribution in [0.15, 0.2) is 6.33 Å². The van der Waals surface area contributed by atoms with E-state index in [-0.39, 0.29) is 0 Å². The molecule has 0 aromatic carbocycles. The summed E-state index contributed by atoms with van der Waals surface area (Å²) in [4.78, 5) is 6.37. The summed E-state index contributed by atoms with van der Waals surface area (Å²) in [6.45, 7) is 5.06. The lowest BCUT2D eigenvalue weighted by Crippen LogP contribution is -2.42. The van der Waals surface area contributed by atoms with Gasteiger partial charge in [0.05, 0.1) is 0 Å². The highest BCUT2D eigenvalue weighted by Crippen LogP contribution is 2.30. The largest absolute Gasteiger partial charge is 0.341 e. The van der Waals surface area contributed by atoms with Crippen LogP contribution in [0.2, 0.25) is 0 Å². The van der Waals surface area contributed by atoms with Gasteiger partial charge in [-0.25, -0.2) is 5.10 Å². The average molecular weight is 195 g/mol. The number of rotatable bonds is 2. The number of aromatic nitrogens is 3. The van der Waals surface area contributed by atoms with Crippen molar-refractivity contribution in [1.82, 2.24) is 15.2 Å². The summed E-state index contributed by atoms with van der Waals surface area (Å²) in [5, 5.41) is 6.74. The number of hydrogen-bond donors (Lipinski definition) is 2. The molecule has 0 aliphatic carbocycles. The molecule has 1 aliphatic rings. The topological polar surface area (TPSA) is 70.8 Å². The Balaban J connectivity index is 1.97. The third-order valence-electron chi connectivity index (χ3n) is 3.17. The van der Waals surface area contributed by atoms with Gasteiger partial charge in [-0.05, 0) is 24.8 Å². The number of piperidine rings is 1. The van der Waals surface area contributed by atoms with Crippen LogP contribution in [0.25, 0.3) is 0 Å². The zero-order chi connectivity index (χ0) is 10.0. The van der Waals surface area contributed by atoms with Crippen molar-refractivity contribution in [3.63, 3.8) is 0 Å². The van der Waals surface area contributed by atoms with Gasteiger partial charge in [0.2, 0.25) is 5.95 Å². The van der Waals surface area contributed by atoms with E-state index in [2.05, 4.69) is 27.0 Å². The van der Waals surface area contributed by atoms with Gasteiger partial charge in [0, 0.05) is 13.1 Å². The van der Waals surface area contributed by atoms with Gasteiger partial charge in [0.25, 0.3) is 0 Å². The minimum absolute atomic E-state index is 0.316. The number of nitrogens with zero attached hydrogens (tertiary/aromatic N) is 3. The SMILES string of the molecule is CC1(CN)CCN(c2ncn[nH]2)CC1. The minimum atomic E-state index is 0.316. The molecule has 1 aliphatic heterocycles. The Bertz CT molecular complexity index is 273. The first-order valence-corrected chi connectivity index (χ1v) is 5.04. The quantitative estimate of drug-likeness (QED) is 0.715. The number of H-pyrrole nitrogens is 1. The zero-order valence-electron chi connectivity index (χ0n) is 8.53. The summed E-state index contributed by atoms with van der Waals surface area (Å²) >= 11 is 0. The summed E-state index contributed by atoms with van der Waals surface area (Å²) in [6.07, 6.45) is 3.81. The number of nitrogens with one attached hydrogen (secondary N) is 1. The molecule has 1 saturated heterocycles. The Kier molecular flexibility index (Phi) is 2.41. The minimum Gasteiger partial charge on any atom is -0.341 e. The van der Waals surface area contributed by atoms with Crippen LogP contribution in [-0.4, -0.2) is 34.8 Å². The molecule has 1 aromatic rings. The van der Waals surface area contributed by atoms with Gasteiger partial charge in [-0.2, -0.15) is 10.1 Å². The van der Waals surface area contributed by atoms with Crippen molar-refractivity contribution in [1.29, 1.82) is 0 Å². The van der Waals surface area contributed by atoms with E-state index in [4.69, 9.17) is 5.73 Å². The van der Waals surface area contributed by atoms with E-state index < -0.39 is 0 Å². The molecule has 2 heterocycles. The molecule has 0 saturated carbocycles. The van der Waals surface area contributed by atoms with Crippen molar-refractivity contribution in [2.24, 2.45) is 11.1 Å². The van der Waals surface area contributed by atoms with E-state index in [1.165, 1.54) is 0 Å². The molecule has 0 amide bonds. The van der Waals surface area contributed by atoms with Gasteiger partial charge in [0.15, 0.2) is 0 Å². The molecule has 5 heteroatoms. The predicted molar refractivity (Wildman–Crippen MR) is 55.0 cm³/mol. The van der Waals surface area contributed by atoms with Crippen molar-refractivity contribution >= 4 is 5.95 Å². The number of aromatic amines is 1. The molecule has 2 rings (SSSR count). The van der Waals surface area contributed by atoms with Crippen LogP contribution >= 0.6 is 0 Å². The second-order valence-electron chi connectivity index (χ2n) is 4.31. The molecule has 1 aromatic heterocycles. The van der Waals surface area contributed by atoms with Crippen LogP contribution in [0.1, 0.15) is 19.8 Å². The highest BCUT2D eigenvalue weighted by Gasteiger charge is 2.29. The fourth-order valence-corrected chi connectivity index (χ4v) is 1.81. The van der Waals surface area contributed by atoms with Crippen molar-refractivity contribution < 1.29 is 0 Å². The summed E-state index contributed by atoms with van der Waals surface area (Å²) < 4.78 is 0. The van der Waals surface area contributed by atoms with Gasteiger partial charge < -0.3 is 10.6 Å². The third-order valence-corrected chi connectivity index (χ3v) is 3.17. The maximum Gasteiger partial charge on any atom is 0.221 e. The Hall–Kier alpha value is -1.10. The molecular formula is C9H17N5. The molecule has 0 bridgehead atoms. The lowest BCUT2D eigenvalue weighted by atomic mass is 9.81. The lowest BCUT2D eigenvalue weighted by Gasteiger charge is -2.38. The lowest BCUT2D eigenvalue weighted by molar-refractivity contribution is 0.257. The van der Waals surface area contributed by atoms with Crippen molar-refractivity contribution in [2.75, 3.05) is 24.5 Å². The number of nitrogens with two attached hydrogens (primary N) is 1. The molecule has 78 valence electrons. The van der Waals surface area contributed by atoms with Crippen molar-refractivity contribution in [2.45, 2.75) is 19.8 Å². The predicted octanol–water partition coefficient (Wildman–Crippen LogP) is 0.370. The molecule has 14 heavy (non-hydrogen) atoms. The van der Waals surface area contributed by atoms with Crippen molar-refractivity contribution in [3.05, 3.63) is 6.33 Å². The molecule has 5 nitrogen and oxygen atoms in total. The Morgan fingerprint density at radius 2 is 2.29 bits per heavy atom. The van der Waals surface area contributed by atoms with E-state index in [1.54, 1.807) is 6.33 Å². The van der Waals surface area contributed by atoms with E-state index in [9.17, 15) is 0 Å². The maximum atomic E-state index is 5.75. The third kappa shape index (κ3) is 1.72. The molecule has 0 spiro atoms. The Morgan fingerprint density at radius 1 is 1.57 bits per heavy atom. The van der Waals surface area contributed by atoms with Crippen LogP contribution < -0.4 is 10.6 Å². The average Bonchev–Trinajstić information content (AvgIpc) is 2.72. The van der Waals surface area contributed by atoms with Crippen LogP contribution in [-0.2, 0) is 0 Å². The molecule has 0 unspecified atom stereocenters. The van der Waals surface area contributed by atoms with Crippen LogP contribution in [0.5, 0.6) is 0 Å². The van der Waals surface area contributed by atoms with Gasteiger partial charge in [0.1, 0.15) is 6.33 Å². The first-order valence-electron chi connectivity index (χ1n) is 5.04. The molecule has 0 radical (unpaired) electrons. The first kappa shape index (κ1) is 9.45. The van der Waals surface area contributed by atoms with E-state index in [0.717, 1.165) is 38.4 Å². The van der Waals surface area contributed by atoms with Gasteiger partial charge in [-0.3, -0.25) is 0 Å². The van der Waals surface area contributed by atoms with E-state index in [1.807, 2.05) is 0 Å². The van der Waals surface area contributed by atoms with E-state index in [0.29, 0.717) is 5.41 Å². The van der Waals surface area contributed by atoms with Crippen LogP contribution in [0, 0.1) is 5.41 Å². The fraction of sp³-hybridized carbons (Fsp3) is 0.778. The smallest absolute Gasteiger partial charge is 0.221 e. The normalized spacial score (nSPS) is 21.1. The number of anilines is 1. The molecule has 0 atom stereocenters. The highest BCUT2D eigenvalue weighted by molar-refractivity contribution is 5.28. The van der Waals surface area contributed by atoms with Gasteiger partial charge in [-0.1, -0.05) is 6.92 Å². The summed E-state index contributed by atoms with van der Waals surface area (Å²) in [5.74, 6) is 0.879. The molecular weight excluding hydrogens is 178 g/mol. The second-order valence-corrected chi connectivity index (χ2v) is 4.31. The standard InChI is InChI=1S/C9H17N5/c1-9(6-10)2-4-14(5-3-9)8-11-7-12-13-8/h7H,2-6,10H2,1H3,(H,11,12,13).